The zero-order chi connectivity index (χ0) is 13.8. The summed E-state index contributed by atoms with van der Waals surface area (Å²) in [6, 6.07) is -0.521. The number of hydrogen-bond acceptors (Lipinski definition) is 5. The van der Waals surface area contributed by atoms with E-state index in [1.165, 1.54) is 11.1 Å². The maximum absolute atomic E-state index is 12.2. The second kappa shape index (κ2) is 5.61. The van der Waals surface area contributed by atoms with E-state index in [-0.39, 0.29) is 18.7 Å². The molecule has 0 aromatic carbocycles. The van der Waals surface area contributed by atoms with Crippen molar-refractivity contribution in [2.45, 2.75) is 12.5 Å². The van der Waals surface area contributed by atoms with Crippen LogP contribution in [0.3, 0.4) is 0 Å². The smallest absolute Gasteiger partial charge is 0.305 e. The van der Waals surface area contributed by atoms with Crippen LogP contribution in [-0.4, -0.2) is 57.7 Å². The summed E-state index contributed by atoms with van der Waals surface area (Å²) in [6.07, 6.45) is 2.05. The first-order valence-corrected chi connectivity index (χ1v) is 5.73. The van der Waals surface area contributed by atoms with Crippen LogP contribution in [0.2, 0.25) is 0 Å². The fourth-order valence-corrected chi connectivity index (χ4v) is 1.90. The fraction of sp³-hybridized carbons (Fsp3) is 0.455. The SMILES string of the molecule is O=C(O)CC1COCCN1C(=O)c1c[nH]c(=O)cn1. The second-order valence-corrected chi connectivity index (χ2v) is 4.12. The molecule has 8 heteroatoms. The second-order valence-electron chi connectivity index (χ2n) is 4.12. The third kappa shape index (κ3) is 3.16. The Morgan fingerprint density at radius 3 is 3.00 bits per heavy atom. The number of carboxylic acid groups (broad SMARTS) is 1. The minimum absolute atomic E-state index is 0.0805. The van der Waals surface area contributed by atoms with Crippen LogP contribution in [-0.2, 0) is 9.53 Å². The third-order valence-electron chi connectivity index (χ3n) is 2.79. The van der Waals surface area contributed by atoms with Crippen LogP contribution in [0.5, 0.6) is 0 Å². The summed E-state index contributed by atoms with van der Waals surface area (Å²) in [6.45, 7) is 0.837. The Kier molecular flexibility index (Phi) is 3.91. The van der Waals surface area contributed by atoms with Crippen LogP contribution < -0.4 is 5.56 Å². The van der Waals surface area contributed by atoms with Gasteiger partial charge in [-0.25, -0.2) is 4.98 Å². The number of nitrogens with zero attached hydrogens (tertiary/aromatic N) is 2. The van der Waals surface area contributed by atoms with Gasteiger partial charge in [0.25, 0.3) is 11.5 Å². The van der Waals surface area contributed by atoms with Gasteiger partial charge >= 0.3 is 5.97 Å². The van der Waals surface area contributed by atoms with Crippen molar-refractivity contribution < 1.29 is 19.4 Å². The molecule has 0 spiro atoms. The number of aliphatic carboxylic acids is 1. The van der Waals surface area contributed by atoms with E-state index in [4.69, 9.17) is 9.84 Å². The Balaban J connectivity index is 2.17. The molecule has 1 saturated heterocycles. The Morgan fingerprint density at radius 2 is 2.37 bits per heavy atom. The first-order valence-electron chi connectivity index (χ1n) is 5.73. The molecule has 1 amide bonds. The number of nitrogens with one attached hydrogen (secondary N) is 1. The van der Waals surface area contributed by atoms with E-state index in [0.29, 0.717) is 13.2 Å². The number of amides is 1. The van der Waals surface area contributed by atoms with E-state index in [1.807, 2.05) is 0 Å². The summed E-state index contributed by atoms with van der Waals surface area (Å²) in [4.78, 5) is 41.4. The molecule has 8 nitrogen and oxygen atoms in total. The van der Waals surface area contributed by atoms with E-state index in [9.17, 15) is 14.4 Å². The van der Waals surface area contributed by atoms with E-state index >= 15 is 0 Å². The molecule has 0 saturated carbocycles. The molecule has 1 aliphatic heterocycles. The van der Waals surface area contributed by atoms with E-state index < -0.39 is 23.5 Å². The summed E-state index contributed by atoms with van der Waals surface area (Å²) < 4.78 is 5.18. The number of carboxylic acids is 1. The van der Waals surface area contributed by atoms with Crippen molar-refractivity contribution in [2.75, 3.05) is 19.8 Å². The fourth-order valence-electron chi connectivity index (χ4n) is 1.90. The molecule has 1 unspecified atom stereocenters. The highest BCUT2D eigenvalue weighted by molar-refractivity contribution is 5.92. The van der Waals surface area contributed by atoms with Crippen molar-refractivity contribution in [3.8, 4) is 0 Å². The molecule has 1 fully saturated rings. The average Bonchev–Trinajstić information content (AvgIpc) is 2.39. The minimum atomic E-state index is -0.997. The van der Waals surface area contributed by atoms with Gasteiger partial charge in [0.05, 0.1) is 31.9 Å². The lowest BCUT2D eigenvalue weighted by Gasteiger charge is -2.34. The molecule has 1 aromatic heterocycles. The van der Waals surface area contributed by atoms with Crippen molar-refractivity contribution in [2.24, 2.45) is 0 Å². The van der Waals surface area contributed by atoms with Crippen molar-refractivity contribution in [3.63, 3.8) is 0 Å². The number of aromatic nitrogens is 2. The predicted octanol–water partition coefficient (Wildman–Crippen LogP) is -0.914. The molecule has 1 atom stereocenters. The zero-order valence-electron chi connectivity index (χ0n) is 10.0. The number of morpholine rings is 1. The van der Waals surface area contributed by atoms with Gasteiger partial charge in [0.2, 0.25) is 0 Å². The number of carbonyl (C=O) groups is 2. The quantitative estimate of drug-likeness (QED) is 0.732. The normalized spacial score (nSPS) is 19.2. The summed E-state index contributed by atoms with van der Waals surface area (Å²) in [7, 11) is 0. The van der Waals surface area contributed by atoms with Crippen LogP contribution in [0.15, 0.2) is 17.2 Å². The Labute approximate surface area is 108 Å². The predicted molar refractivity (Wildman–Crippen MR) is 62.8 cm³/mol. The molecule has 0 bridgehead atoms. The maximum Gasteiger partial charge on any atom is 0.305 e. The molecular formula is C11H13N3O5. The standard InChI is InChI=1S/C11H13N3O5/c15-9-5-12-8(4-13-9)11(18)14-1-2-19-6-7(14)3-10(16)17/h4-5,7H,1-3,6H2,(H,13,15)(H,16,17). The first kappa shape index (κ1) is 13.2. The molecule has 0 aliphatic carbocycles. The molecule has 2 heterocycles. The lowest BCUT2D eigenvalue weighted by Crippen LogP contribution is -2.49. The van der Waals surface area contributed by atoms with Gasteiger partial charge in [-0.05, 0) is 0 Å². The van der Waals surface area contributed by atoms with Crippen LogP contribution in [0.4, 0.5) is 0 Å². The summed E-state index contributed by atoms with van der Waals surface area (Å²) in [5.41, 5.74) is -0.322. The van der Waals surface area contributed by atoms with Crippen molar-refractivity contribution in [3.05, 3.63) is 28.4 Å². The van der Waals surface area contributed by atoms with Gasteiger partial charge in [-0.2, -0.15) is 0 Å². The van der Waals surface area contributed by atoms with Crippen LogP contribution in [0.25, 0.3) is 0 Å². The summed E-state index contributed by atoms with van der Waals surface area (Å²) in [5.74, 6) is -1.41. The highest BCUT2D eigenvalue weighted by Gasteiger charge is 2.30. The maximum atomic E-state index is 12.2. The van der Waals surface area contributed by atoms with Crippen LogP contribution in [0, 0.1) is 0 Å². The number of hydrogen-bond donors (Lipinski definition) is 2. The number of ether oxygens (including phenoxy) is 1. The first-order chi connectivity index (χ1) is 9.08. The van der Waals surface area contributed by atoms with Crippen LogP contribution >= 0.6 is 0 Å². The molecule has 1 aromatic rings. The summed E-state index contributed by atoms with van der Waals surface area (Å²) in [5, 5.41) is 8.82. The van der Waals surface area contributed by atoms with Crippen LogP contribution in [0.1, 0.15) is 16.9 Å². The van der Waals surface area contributed by atoms with Gasteiger partial charge in [0.1, 0.15) is 5.69 Å². The lowest BCUT2D eigenvalue weighted by atomic mass is 10.1. The van der Waals surface area contributed by atoms with E-state index in [0.717, 1.165) is 6.20 Å². The molecule has 0 radical (unpaired) electrons. The number of aromatic amines is 1. The largest absolute Gasteiger partial charge is 0.481 e. The Morgan fingerprint density at radius 1 is 1.58 bits per heavy atom. The highest BCUT2D eigenvalue weighted by Crippen LogP contribution is 2.13. The number of carbonyl (C=O) groups excluding carboxylic acids is 1. The van der Waals surface area contributed by atoms with Crippen molar-refractivity contribution in [1.82, 2.24) is 14.9 Å². The Bertz CT molecular complexity index is 521. The van der Waals surface area contributed by atoms with E-state index in [1.54, 1.807) is 0 Å². The zero-order valence-corrected chi connectivity index (χ0v) is 10.0. The minimum Gasteiger partial charge on any atom is -0.481 e. The average molecular weight is 267 g/mol. The highest BCUT2D eigenvalue weighted by atomic mass is 16.5. The monoisotopic (exact) mass is 267 g/mol. The number of rotatable bonds is 3. The Hall–Kier alpha value is -2.22. The van der Waals surface area contributed by atoms with Crippen molar-refractivity contribution in [1.29, 1.82) is 0 Å². The lowest BCUT2D eigenvalue weighted by molar-refractivity contribution is -0.139. The molecule has 1 aliphatic rings. The van der Waals surface area contributed by atoms with Crippen molar-refractivity contribution >= 4 is 11.9 Å². The van der Waals surface area contributed by atoms with Gasteiger partial charge in [-0.1, -0.05) is 0 Å². The summed E-state index contributed by atoms with van der Waals surface area (Å²) >= 11 is 0. The van der Waals surface area contributed by atoms with Gasteiger partial charge in [0, 0.05) is 12.7 Å². The van der Waals surface area contributed by atoms with E-state index in [2.05, 4.69) is 9.97 Å². The van der Waals surface area contributed by atoms with Gasteiger partial charge < -0.3 is 19.7 Å². The third-order valence-corrected chi connectivity index (χ3v) is 2.79. The molecule has 102 valence electrons. The molecule has 2 N–H and O–H groups in total. The van der Waals surface area contributed by atoms with Gasteiger partial charge in [-0.15, -0.1) is 0 Å². The number of H-pyrrole nitrogens is 1. The van der Waals surface area contributed by atoms with Gasteiger partial charge in [-0.3, -0.25) is 14.4 Å². The molecular weight excluding hydrogens is 254 g/mol. The van der Waals surface area contributed by atoms with Gasteiger partial charge in [0.15, 0.2) is 0 Å². The molecule has 19 heavy (non-hydrogen) atoms. The molecule has 2 rings (SSSR count). The topological polar surface area (TPSA) is 113 Å².